The molecule has 0 aliphatic carbocycles. The minimum atomic E-state index is -0.937. The first-order valence-corrected chi connectivity index (χ1v) is 14.9. The second-order valence-corrected chi connectivity index (χ2v) is 11.1. The molecule has 2 aliphatic rings. The third kappa shape index (κ3) is 6.63. The number of hydrogen-bond donors (Lipinski definition) is 3. The van der Waals surface area contributed by atoms with Crippen LogP contribution in [0.5, 0.6) is 17.2 Å². The van der Waals surface area contributed by atoms with Gasteiger partial charge in [0.2, 0.25) is 5.91 Å². The van der Waals surface area contributed by atoms with Gasteiger partial charge in [-0.2, -0.15) is 0 Å². The molecule has 0 spiro atoms. The predicted molar refractivity (Wildman–Crippen MR) is 163 cm³/mol. The number of anilines is 1. The molecule has 2 heterocycles. The van der Waals surface area contributed by atoms with Crippen molar-refractivity contribution in [2.24, 2.45) is 5.92 Å². The standard InChI is InChI=1S/C34H40N2O7/c1-4-22-16-21(3)17-23(5-2)32(22)35-30(38)20-36-19-27(25-8-11-28-29(18-25)43-15-14-42-28)31(34(39)40)33(36)24-6-9-26(10-7-24)41-13-12-37/h6-11,16-18,27,31,33,37H,4-5,12-15,19-20H2,1-3H3,(H,35,38)(H,39,40)/t27-,31?,33+/m1/s1. The fraction of sp³-hybridized carbons (Fsp3) is 0.412. The van der Waals surface area contributed by atoms with Gasteiger partial charge in [-0.05, 0) is 66.3 Å². The molecule has 0 bridgehead atoms. The molecule has 1 amide bonds. The van der Waals surface area contributed by atoms with Gasteiger partial charge in [0.15, 0.2) is 11.5 Å². The predicted octanol–water partition coefficient (Wildman–Crippen LogP) is 4.74. The van der Waals surface area contributed by atoms with Crippen molar-refractivity contribution in [1.82, 2.24) is 4.90 Å². The summed E-state index contributed by atoms with van der Waals surface area (Å²) in [7, 11) is 0. The smallest absolute Gasteiger partial charge is 0.309 e. The minimum Gasteiger partial charge on any atom is -0.491 e. The van der Waals surface area contributed by atoms with Crippen molar-refractivity contribution < 1.29 is 34.0 Å². The van der Waals surface area contributed by atoms with E-state index in [0.29, 0.717) is 37.0 Å². The number of ether oxygens (including phenoxy) is 3. The van der Waals surface area contributed by atoms with E-state index >= 15 is 0 Å². The van der Waals surface area contributed by atoms with Crippen LogP contribution in [0.1, 0.15) is 53.6 Å². The van der Waals surface area contributed by atoms with Gasteiger partial charge in [-0.25, -0.2) is 0 Å². The summed E-state index contributed by atoms with van der Waals surface area (Å²) in [6.45, 7) is 7.56. The van der Waals surface area contributed by atoms with Crippen LogP contribution in [-0.4, -0.2) is 66.5 Å². The van der Waals surface area contributed by atoms with Crippen molar-refractivity contribution in [3.8, 4) is 17.2 Å². The van der Waals surface area contributed by atoms with E-state index in [1.807, 2.05) is 35.2 Å². The van der Waals surface area contributed by atoms with Crippen molar-refractivity contribution in [2.45, 2.75) is 45.6 Å². The van der Waals surface area contributed by atoms with Crippen molar-refractivity contribution in [3.05, 3.63) is 82.4 Å². The molecule has 0 radical (unpaired) electrons. The molecule has 3 aromatic rings. The summed E-state index contributed by atoms with van der Waals surface area (Å²) in [5, 5.41) is 22.9. The Balaban J connectivity index is 1.48. The van der Waals surface area contributed by atoms with Crippen molar-refractivity contribution >= 4 is 17.6 Å². The second kappa shape index (κ2) is 13.5. The zero-order chi connectivity index (χ0) is 30.5. The van der Waals surface area contributed by atoms with Crippen molar-refractivity contribution in [1.29, 1.82) is 0 Å². The number of aliphatic carboxylic acids is 1. The number of nitrogens with one attached hydrogen (secondary N) is 1. The maximum absolute atomic E-state index is 13.7. The number of carboxylic acids is 1. The average molecular weight is 589 g/mol. The lowest BCUT2D eigenvalue weighted by molar-refractivity contribution is -0.143. The molecule has 1 saturated heterocycles. The van der Waals surface area contributed by atoms with E-state index < -0.39 is 23.8 Å². The van der Waals surface area contributed by atoms with E-state index in [-0.39, 0.29) is 25.7 Å². The maximum Gasteiger partial charge on any atom is 0.309 e. The van der Waals surface area contributed by atoms with E-state index in [0.717, 1.165) is 46.3 Å². The first kappa shape index (κ1) is 30.4. The molecule has 3 aromatic carbocycles. The van der Waals surface area contributed by atoms with Crippen molar-refractivity contribution in [2.75, 3.05) is 44.8 Å². The van der Waals surface area contributed by atoms with Gasteiger partial charge in [-0.1, -0.05) is 49.7 Å². The van der Waals surface area contributed by atoms with Crippen LogP contribution in [0.3, 0.4) is 0 Å². The number of hydrogen-bond acceptors (Lipinski definition) is 7. The number of aliphatic hydroxyl groups excluding tert-OH is 1. The summed E-state index contributed by atoms with van der Waals surface area (Å²) in [6, 6.07) is 16.5. The summed E-state index contributed by atoms with van der Waals surface area (Å²) in [5.74, 6) is -0.521. The molecular weight excluding hydrogens is 548 g/mol. The molecule has 0 saturated carbocycles. The molecule has 43 heavy (non-hydrogen) atoms. The highest BCUT2D eigenvalue weighted by Crippen LogP contribution is 2.47. The molecule has 228 valence electrons. The molecule has 1 unspecified atom stereocenters. The summed E-state index contributed by atoms with van der Waals surface area (Å²) in [6.07, 6.45) is 1.57. The van der Waals surface area contributed by atoms with Crippen LogP contribution in [0.2, 0.25) is 0 Å². The quantitative estimate of drug-likeness (QED) is 0.294. The van der Waals surface area contributed by atoms with Crippen LogP contribution in [-0.2, 0) is 22.4 Å². The largest absolute Gasteiger partial charge is 0.491 e. The normalized spacial score (nSPS) is 19.7. The Labute approximate surface area is 252 Å². The molecule has 2 aliphatic heterocycles. The number of carbonyl (C=O) groups is 2. The number of carboxylic acid groups (broad SMARTS) is 1. The topological polar surface area (TPSA) is 118 Å². The molecule has 1 fully saturated rings. The van der Waals surface area contributed by atoms with Gasteiger partial charge >= 0.3 is 5.97 Å². The van der Waals surface area contributed by atoms with E-state index in [1.165, 1.54) is 0 Å². The van der Waals surface area contributed by atoms with E-state index in [1.54, 1.807) is 12.1 Å². The molecule has 0 aromatic heterocycles. The van der Waals surface area contributed by atoms with Crippen LogP contribution < -0.4 is 19.5 Å². The van der Waals surface area contributed by atoms with Gasteiger partial charge in [0, 0.05) is 24.2 Å². The highest BCUT2D eigenvalue weighted by Gasteiger charge is 2.48. The minimum absolute atomic E-state index is 0.0262. The Bertz CT molecular complexity index is 1430. The first-order chi connectivity index (χ1) is 20.8. The van der Waals surface area contributed by atoms with Crippen LogP contribution in [0.4, 0.5) is 5.69 Å². The van der Waals surface area contributed by atoms with Crippen molar-refractivity contribution in [3.63, 3.8) is 0 Å². The van der Waals surface area contributed by atoms with E-state index in [4.69, 9.17) is 19.3 Å². The van der Waals surface area contributed by atoms with Crippen LogP contribution in [0.25, 0.3) is 0 Å². The van der Waals surface area contributed by atoms with Gasteiger partial charge in [-0.3, -0.25) is 14.5 Å². The van der Waals surface area contributed by atoms with E-state index in [2.05, 4.69) is 38.2 Å². The number of carbonyl (C=O) groups excluding carboxylic acids is 1. The third-order valence-corrected chi connectivity index (χ3v) is 8.28. The number of aryl methyl sites for hydroxylation is 3. The molecule has 3 N–H and O–H groups in total. The Kier molecular flexibility index (Phi) is 9.52. The van der Waals surface area contributed by atoms with E-state index in [9.17, 15) is 14.7 Å². The Morgan fingerprint density at radius 3 is 2.23 bits per heavy atom. The number of aliphatic hydroxyl groups is 1. The lowest BCUT2D eigenvalue weighted by Crippen LogP contribution is -2.35. The zero-order valence-electron chi connectivity index (χ0n) is 25.0. The van der Waals surface area contributed by atoms with Crippen LogP contribution in [0, 0.1) is 12.8 Å². The highest BCUT2D eigenvalue weighted by molar-refractivity contribution is 5.94. The lowest BCUT2D eigenvalue weighted by Gasteiger charge is -2.27. The molecule has 3 atom stereocenters. The molecule has 9 heteroatoms. The highest BCUT2D eigenvalue weighted by atomic mass is 16.6. The number of amides is 1. The lowest BCUT2D eigenvalue weighted by atomic mass is 9.82. The zero-order valence-corrected chi connectivity index (χ0v) is 25.0. The maximum atomic E-state index is 13.7. The summed E-state index contributed by atoms with van der Waals surface area (Å²) in [4.78, 5) is 28.6. The number of likely N-dealkylation sites (tertiary alicyclic amines) is 1. The van der Waals surface area contributed by atoms with Crippen LogP contribution >= 0.6 is 0 Å². The Hall–Kier alpha value is -4.08. The number of nitrogens with zero attached hydrogens (tertiary/aromatic N) is 1. The average Bonchev–Trinajstić information content (AvgIpc) is 3.39. The number of fused-ring (bicyclic) bond motifs is 1. The Morgan fingerprint density at radius 1 is 0.953 bits per heavy atom. The molecule has 5 rings (SSSR count). The molecular formula is C34H40N2O7. The summed E-state index contributed by atoms with van der Waals surface area (Å²) >= 11 is 0. The SMILES string of the molecule is CCc1cc(C)cc(CC)c1NC(=O)CN1C[C@H](c2ccc3c(c2)OCCO3)C(C(=O)O)[C@@H]1c1ccc(OCCO)cc1. The summed E-state index contributed by atoms with van der Waals surface area (Å²) < 4.78 is 17.0. The fourth-order valence-electron chi connectivity index (χ4n) is 6.37. The van der Waals surface area contributed by atoms with Gasteiger partial charge in [0.25, 0.3) is 0 Å². The second-order valence-electron chi connectivity index (χ2n) is 11.1. The number of benzene rings is 3. The third-order valence-electron chi connectivity index (χ3n) is 8.28. The summed E-state index contributed by atoms with van der Waals surface area (Å²) in [5.41, 5.74) is 5.77. The molecule has 9 nitrogen and oxygen atoms in total. The van der Waals surface area contributed by atoms with Gasteiger partial charge in [-0.15, -0.1) is 0 Å². The number of rotatable bonds is 11. The monoisotopic (exact) mass is 588 g/mol. The van der Waals surface area contributed by atoms with Gasteiger partial charge in [0.05, 0.1) is 19.1 Å². The van der Waals surface area contributed by atoms with Gasteiger partial charge in [0.1, 0.15) is 25.6 Å². The fourth-order valence-corrected chi connectivity index (χ4v) is 6.37. The van der Waals surface area contributed by atoms with Gasteiger partial charge < -0.3 is 29.7 Å². The van der Waals surface area contributed by atoms with Crippen LogP contribution in [0.15, 0.2) is 54.6 Å². The Morgan fingerprint density at radius 2 is 1.60 bits per heavy atom. The first-order valence-electron chi connectivity index (χ1n) is 14.9.